The van der Waals surface area contributed by atoms with Crippen molar-refractivity contribution in [3.63, 3.8) is 0 Å². The first kappa shape index (κ1) is 23.5. The van der Waals surface area contributed by atoms with Crippen LogP contribution in [-0.2, 0) is 4.74 Å². The number of para-hydroxylation sites is 1. The number of halogens is 1. The normalized spacial score (nSPS) is 17.5. The third-order valence-corrected chi connectivity index (χ3v) is 5.84. The van der Waals surface area contributed by atoms with Gasteiger partial charge in [-0.3, -0.25) is 0 Å². The number of morpholine rings is 1. The van der Waals surface area contributed by atoms with Crippen LogP contribution in [0.1, 0.15) is 0 Å². The van der Waals surface area contributed by atoms with Crippen molar-refractivity contribution in [2.45, 2.75) is 6.29 Å². The Morgan fingerprint density at radius 3 is 2.58 bits per heavy atom. The van der Waals surface area contributed by atoms with Gasteiger partial charge >= 0.3 is 0 Å². The summed E-state index contributed by atoms with van der Waals surface area (Å²) >= 11 is 0. The van der Waals surface area contributed by atoms with Crippen molar-refractivity contribution in [3.05, 3.63) is 67.0 Å². The van der Waals surface area contributed by atoms with Crippen LogP contribution in [0.25, 0.3) is 11.4 Å². The molecule has 4 heterocycles. The number of aliphatic imine (C=N–C) groups is 1. The summed E-state index contributed by atoms with van der Waals surface area (Å²) in [6, 6.07) is 9.55. The van der Waals surface area contributed by atoms with Gasteiger partial charge in [0.05, 0.1) is 55.9 Å². The molecule has 1 aromatic carbocycles. The highest BCUT2D eigenvalue weighted by Gasteiger charge is 2.19. The quantitative estimate of drug-likeness (QED) is 0.540. The standard InChI is InChI=1S/C25H27FN8O2/c1-33-9-8-21(31-20-5-3-4-19(23(20)35-2)24-28-14-17(26)15-29-24)32-25(33)30-18-6-7-22(27-16-18)34-10-12-36-13-11-34/h3-9,14-16,25,30H,10-13H2,1-2H3,(H,31,32). The van der Waals surface area contributed by atoms with Crippen molar-refractivity contribution in [2.24, 2.45) is 4.99 Å². The Labute approximate surface area is 208 Å². The number of hydrogen-bond acceptors (Lipinski definition) is 10. The van der Waals surface area contributed by atoms with Crippen LogP contribution < -0.4 is 20.3 Å². The molecule has 1 atom stereocenters. The fraction of sp³-hybridized carbons (Fsp3) is 0.280. The van der Waals surface area contributed by atoms with Gasteiger partial charge in [0.25, 0.3) is 0 Å². The molecule has 10 nitrogen and oxygen atoms in total. The van der Waals surface area contributed by atoms with E-state index in [-0.39, 0.29) is 6.29 Å². The van der Waals surface area contributed by atoms with Crippen LogP contribution in [-0.4, -0.2) is 72.4 Å². The van der Waals surface area contributed by atoms with E-state index in [4.69, 9.17) is 14.5 Å². The molecule has 0 aliphatic carbocycles. The van der Waals surface area contributed by atoms with Crippen molar-refractivity contribution in [1.29, 1.82) is 0 Å². The fourth-order valence-electron chi connectivity index (χ4n) is 3.96. The number of benzene rings is 1. The summed E-state index contributed by atoms with van der Waals surface area (Å²) in [5.74, 6) is 1.97. The Hall–Kier alpha value is -4.25. The molecule has 2 aliphatic heterocycles. The molecule has 0 amide bonds. The lowest BCUT2D eigenvalue weighted by molar-refractivity contribution is 0.122. The maximum Gasteiger partial charge on any atom is 0.198 e. The van der Waals surface area contributed by atoms with E-state index in [0.717, 1.165) is 50.2 Å². The first-order chi connectivity index (χ1) is 17.6. The van der Waals surface area contributed by atoms with E-state index >= 15 is 0 Å². The lowest BCUT2D eigenvalue weighted by atomic mass is 10.1. The molecule has 0 saturated carbocycles. The van der Waals surface area contributed by atoms with E-state index in [1.54, 1.807) is 7.11 Å². The summed E-state index contributed by atoms with van der Waals surface area (Å²) < 4.78 is 24.4. The zero-order chi connectivity index (χ0) is 24.9. The second kappa shape index (κ2) is 10.6. The van der Waals surface area contributed by atoms with Crippen molar-refractivity contribution in [1.82, 2.24) is 19.9 Å². The van der Waals surface area contributed by atoms with Gasteiger partial charge in [-0.25, -0.2) is 24.3 Å². The van der Waals surface area contributed by atoms with E-state index in [1.807, 2.05) is 60.8 Å². The maximum atomic E-state index is 13.3. The average Bonchev–Trinajstić information content (AvgIpc) is 2.92. The van der Waals surface area contributed by atoms with Gasteiger partial charge in [0.2, 0.25) is 0 Å². The number of rotatable bonds is 6. The van der Waals surface area contributed by atoms with E-state index in [1.165, 1.54) is 0 Å². The minimum atomic E-state index is -0.498. The van der Waals surface area contributed by atoms with Crippen LogP contribution in [0.3, 0.4) is 0 Å². The monoisotopic (exact) mass is 490 g/mol. The highest BCUT2D eigenvalue weighted by molar-refractivity contribution is 6.05. The largest absolute Gasteiger partial charge is 0.494 e. The highest BCUT2D eigenvalue weighted by Crippen LogP contribution is 2.35. The van der Waals surface area contributed by atoms with E-state index < -0.39 is 5.82 Å². The molecule has 0 radical (unpaired) electrons. The second-order valence-corrected chi connectivity index (χ2v) is 8.25. The number of pyridine rings is 1. The molecule has 36 heavy (non-hydrogen) atoms. The molecule has 0 spiro atoms. The first-order valence-corrected chi connectivity index (χ1v) is 11.6. The molecule has 1 fully saturated rings. The predicted octanol–water partition coefficient (Wildman–Crippen LogP) is 3.19. The Kier molecular flexibility index (Phi) is 6.89. The van der Waals surface area contributed by atoms with Gasteiger partial charge in [0.1, 0.15) is 11.7 Å². The number of nitrogens with zero attached hydrogens (tertiary/aromatic N) is 6. The summed E-state index contributed by atoms with van der Waals surface area (Å²) in [4.78, 5) is 21.7. The fourth-order valence-corrected chi connectivity index (χ4v) is 3.96. The first-order valence-electron chi connectivity index (χ1n) is 11.6. The molecule has 0 bridgehead atoms. The molecule has 5 rings (SSSR count). The predicted molar refractivity (Wildman–Crippen MR) is 137 cm³/mol. The highest BCUT2D eigenvalue weighted by atomic mass is 19.1. The van der Waals surface area contributed by atoms with Crippen molar-refractivity contribution < 1.29 is 13.9 Å². The molecule has 3 aromatic rings. The number of hydrogen-bond donors (Lipinski definition) is 2. The Morgan fingerprint density at radius 1 is 1.06 bits per heavy atom. The zero-order valence-electron chi connectivity index (χ0n) is 20.1. The molecule has 1 unspecified atom stereocenters. The summed E-state index contributed by atoms with van der Waals surface area (Å²) in [6.45, 7) is 3.12. The summed E-state index contributed by atoms with van der Waals surface area (Å²) in [7, 11) is 3.51. The number of amidine groups is 1. The number of nitrogens with one attached hydrogen (secondary N) is 2. The Morgan fingerprint density at radius 2 is 1.86 bits per heavy atom. The third-order valence-electron chi connectivity index (χ3n) is 5.84. The lowest BCUT2D eigenvalue weighted by Crippen LogP contribution is -2.38. The summed E-state index contributed by atoms with van der Waals surface area (Å²) in [6.07, 6.45) is 7.53. The van der Waals surface area contributed by atoms with Crippen LogP contribution in [0.5, 0.6) is 5.75 Å². The van der Waals surface area contributed by atoms with Crippen LogP contribution in [0.4, 0.5) is 21.6 Å². The number of aromatic nitrogens is 3. The van der Waals surface area contributed by atoms with Crippen LogP contribution in [0, 0.1) is 5.82 Å². The molecular formula is C25H27FN8O2. The van der Waals surface area contributed by atoms with E-state index in [2.05, 4.69) is 30.5 Å². The minimum absolute atomic E-state index is 0.344. The van der Waals surface area contributed by atoms with Crippen LogP contribution >= 0.6 is 0 Å². The number of methoxy groups -OCH3 is 1. The van der Waals surface area contributed by atoms with Gasteiger partial charge in [-0.2, -0.15) is 0 Å². The molecule has 1 saturated heterocycles. The van der Waals surface area contributed by atoms with Crippen molar-refractivity contribution in [2.75, 3.05) is 56.0 Å². The molecular weight excluding hydrogens is 463 g/mol. The molecule has 2 N–H and O–H groups in total. The third kappa shape index (κ3) is 5.20. The molecule has 2 aliphatic rings. The van der Waals surface area contributed by atoms with E-state index in [0.29, 0.717) is 28.7 Å². The van der Waals surface area contributed by atoms with E-state index in [9.17, 15) is 4.39 Å². The topological polar surface area (TPSA) is 100 Å². The average molecular weight is 491 g/mol. The number of anilines is 3. The molecule has 11 heteroatoms. The Bertz CT molecular complexity index is 1240. The van der Waals surface area contributed by atoms with Gasteiger partial charge in [-0.15, -0.1) is 0 Å². The van der Waals surface area contributed by atoms with Gasteiger partial charge in [0.15, 0.2) is 23.7 Å². The smallest absolute Gasteiger partial charge is 0.198 e. The minimum Gasteiger partial charge on any atom is -0.494 e. The van der Waals surface area contributed by atoms with Crippen molar-refractivity contribution in [3.8, 4) is 17.1 Å². The van der Waals surface area contributed by atoms with Gasteiger partial charge in [0, 0.05) is 26.3 Å². The Balaban J connectivity index is 1.32. The van der Waals surface area contributed by atoms with Gasteiger partial charge in [-0.1, -0.05) is 6.07 Å². The molecule has 186 valence electrons. The SMILES string of the molecule is COc1c(NC2=NC(Nc3ccc(N4CCOCC4)nc3)N(C)C=C2)cccc1-c1ncc(F)cn1. The zero-order valence-corrected chi connectivity index (χ0v) is 20.1. The van der Waals surface area contributed by atoms with Crippen molar-refractivity contribution >= 4 is 23.0 Å². The van der Waals surface area contributed by atoms with Gasteiger partial charge in [-0.05, 0) is 30.3 Å². The van der Waals surface area contributed by atoms with Crippen LogP contribution in [0.2, 0.25) is 0 Å². The molecule has 2 aromatic heterocycles. The van der Waals surface area contributed by atoms with Crippen LogP contribution in [0.15, 0.2) is 66.2 Å². The maximum absolute atomic E-state index is 13.3. The summed E-state index contributed by atoms with van der Waals surface area (Å²) in [5, 5.41) is 6.72. The number of ether oxygens (including phenoxy) is 2. The second-order valence-electron chi connectivity index (χ2n) is 8.25. The van der Waals surface area contributed by atoms with Gasteiger partial charge < -0.3 is 29.9 Å². The lowest BCUT2D eigenvalue weighted by Gasteiger charge is -2.30. The summed E-state index contributed by atoms with van der Waals surface area (Å²) in [5.41, 5.74) is 2.18.